The number of hydrogen-bond acceptors (Lipinski definition) is 2. The predicted molar refractivity (Wildman–Crippen MR) is 163 cm³/mol. The second-order valence-electron chi connectivity index (χ2n) is 10.9. The van der Waals surface area contributed by atoms with E-state index in [9.17, 15) is 0 Å². The third kappa shape index (κ3) is 2.99. The third-order valence-corrected chi connectivity index (χ3v) is 8.81. The van der Waals surface area contributed by atoms with Gasteiger partial charge in [0.15, 0.2) is 0 Å². The first-order valence-corrected chi connectivity index (χ1v) is 13.9. The summed E-state index contributed by atoms with van der Waals surface area (Å²) in [4.78, 5) is 10.8. The maximum Gasteiger partial charge on any atom is 0.0897 e. The van der Waals surface area contributed by atoms with Gasteiger partial charge in [0.1, 0.15) is 0 Å². The molecule has 0 amide bonds. The van der Waals surface area contributed by atoms with E-state index in [0.717, 1.165) is 22.4 Å². The Balaban J connectivity index is 1.36. The van der Waals surface area contributed by atoms with Gasteiger partial charge in [0, 0.05) is 0 Å². The molecule has 1 aromatic heterocycles. The second-order valence-corrected chi connectivity index (χ2v) is 10.9. The van der Waals surface area contributed by atoms with Crippen LogP contribution in [0.1, 0.15) is 45.5 Å². The Bertz CT molecular complexity index is 1910. The number of nitrogens with zero attached hydrogens (tertiary/aromatic N) is 2. The van der Waals surface area contributed by atoms with Crippen LogP contribution in [0.4, 0.5) is 0 Å². The van der Waals surface area contributed by atoms with Crippen LogP contribution in [-0.4, -0.2) is 9.97 Å². The van der Waals surface area contributed by atoms with E-state index in [1.165, 1.54) is 55.3 Å². The highest BCUT2D eigenvalue weighted by atomic mass is 14.9. The highest BCUT2D eigenvalue weighted by Gasteiger charge is 2.43. The van der Waals surface area contributed by atoms with E-state index < -0.39 is 0 Å². The number of hydrogen-bond donors (Lipinski definition) is 0. The Hall–Kier alpha value is -5.08. The van der Waals surface area contributed by atoms with Gasteiger partial charge in [-0.1, -0.05) is 121 Å². The van der Waals surface area contributed by atoms with E-state index in [0.29, 0.717) is 0 Å². The fourth-order valence-electron chi connectivity index (χ4n) is 7.08. The Morgan fingerprint density at radius 3 is 1.10 bits per heavy atom. The molecule has 0 spiro atoms. The lowest BCUT2D eigenvalue weighted by atomic mass is 9.64. The summed E-state index contributed by atoms with van der Waals surface area (Å²) < 4.78 is 0. The molecule has 2 heteroatoms. The molecule has 40 heavy (non-hydrogen) atoms. The SMILES string of the molecule is c1ccc(-c2ccc(-c3ccccc3)c3cc4nc5c(nc4cc23)C2c3ccccc3C5c3ccccc32)cc1. The van der Waals surface area contributed by atoms with Gasteiger partial charge in [-0.2, -0.15) is 0 Å². The first-order chi connectivity index (χ1) is 19.8. The Labute approximate surface area is 232 Å². The zero-order chi connectivity index (χ0) is 26.2. The van der Waals surface area contributed by atoms with Crippen LogP contribution in [0.25, 0.3) is 44.1 Å². The van der Waals surface area contributed by atoms with Gasteiger partial charge in [-0.25, -0.2) is 9.97 Å². The maximum atomic E-state index is 5.42. The van der Waals surface area contributed by atoms with Crippen LogP contribution in [0.2, 0.25) is 0 Å². The van der Waals surface area contributed by atoms with E-state index in [-0.39, 0.29) is 11.8 Å². The molecular weight excluding hydrogens is 484 g/mol. The second kappa shape index (κ2) is 8.21. The Morgan fingerprint density at radius 1 is 0.375 bits per heavy atom. The molecule has 0 fully saturated rings. The molecule has 2 bridgehead atoms. The van der Waals surface area contributed by atoms with Crippen molar-refractivity contribution in [2.75, 3.05) is 0 Å². The molecule has 6 aromatic carbocycles. The monoisotopic (exact) mass is 508 g/mol. The smallest absolute Gasteiger partial charge is 0.0897 e. The van der Waals surface area contributed by atoms with Crippen molar-refractivity contribution in [3.05, 3.63) is 167 Å². The van der Waals surface area contributed by atoms with E-state index >= 15 is 0 Å². The number of benzene rings is 6. The Kier molecular flexibility index (Phi) is 4.48. The predicted octanol–water partition coefficient (Wildman–Crippen LogP) is 9.10. The minimum absolute atomic E-state index is 0.115. The summed E-state index contributed by atoms with van der Waals surface area (Å²) in [6, 6.07) is 48.1. The van der Waals surface area contributed by atoms with Gasteiger partial charge >= 0.3 is 0 Å². The molecule has 0 unspecified atom stereocenters. The van der Waals surface area contributed by atoms with Crippen LogP contribution in [0, 0.1) is 0 Å². The zero-order valence-electron chi connectivity index (χ0n) is 21.8. The summed E-state index contributed by atoms with van der Waals surface area (Å²) in [6.07, 6.45) is 0. The summed E-state index contributed by atoms with van der Waals surface area (Å²) in [5.41, 5.74) is 14.4. The topological polar surface area (TPSA) is 25.8 Å². The van der Waals surface area contributed by atoms with Crippen LogP contribution in [0.5, 0.6) is 0 Å². The molecule has 3 aliphatic carbocycles. The van der Waals surface area contributed by atoms with Crippen molar-refractivity contribution < 1.29 is 0 Å². The molecule has 0 saturated heterocycles. The molecule has 186 valence electrons. The maximum absolute atomic E-state index is 5.42. The number of rotatable bonds is 2. The van der Waals surface area contributed by atoms with Crippen LogP contribution in [-0.2, 0) is 0 Å². The molecule has 0 N–H and O–H groups in total. The van der Waals surface area contributed by atoms with Gasteiger partial charge in [-0.3, -0.25) is 0 Å². The summed E-state index contributed by atoms with van der Waals surface area (Å²) >= 11 is 0. The van der Waals surface area contributed by atoms with E-state index in [4.69, 9.17) is 9.97 Å². The molecule has 10 rings (SSSR count). The fourth-order valence-corrected chi connectivity index (χ4v) is 7.08. The van der Waals surface area contributed by atoms with Crippen LogP contribution in [0.3, 0.4) is 0 Å². The molecule has 7 aromatic rings. The van der Waals surface area contributed by atoms with Gasteiger partial charge in [0.2, 0.25) is 0 Å². The standard InChI is InChI=1S/C38H24N2/c1-3-11-23(12-4-1)25-19-20-26(24-13-5-2-6-14-24)32-22-34-33(21-31(25)32)39-37-35-27-15-7-9-17-29(27)36(38(37)40-34)30-18-10-8-16-28(30)35/h1-22,35-36H. The average molecular weight is 509 g/mol. The summed E-state index contributed by atoms with van der Waals surface area (Å²) in [5.74, 6) is 0.230. The van der Waals surface area contributed by atoms with Crippen molar-refractivity contribution in [1.82, 2.24) is 9.97 Å². The molecule has 0 radical (unpaired) electrons. The van der Waals surface area contributed by atoms with Crippen molar-refractivity contribution in [1.29, 1.82) is 0 Å². The first-order valence-electron chi connectivity index (χ1n) is 13.9. The highest BCUT2D eigenvalue weighted by Crippen LogP contribution is 2.54. The summed E-state index contributed by atoms with van der Waals surface area (Å²) in [5, 5.41) is 2.41. The van der Waals surface area contributed by atoms with Crippen molar-refractivity contribution in [2.24, 2.45) is 0 Å². The minimum Gasteiger partial charge on any atom is -0.248 e. The fraction of sp³-hybridized carbons (Fsp3) is 0.0526. The zero-order valence-corrected chi connectivity index (χ0v) is 21.8. The van der Waals surface area contributed by atoms with Crippen molar-refractivity contribution in [3.63, 3.8) is 0 Å². The van der Waals surface area contributed by atoms with E-state index in [2.05, 4.69) is 133 Å². The average Bonchev–Trinajstić information content (AvgIpc) is 3.03. The molecule has 0 aliphatic heterocycles. The van der Waals surface area contributed by atoms with Crippen molar-refractivity contribution >= 4 is 21.8 Å². The molecule has 0 atom stereocenters. The largest absolute Gasteiger partial charge is 0.248 e. The van der Waals surface area contributed by atoms with Crippen LogP contribution in [0.15, 0.2) is 133 Å². The lowest BCUT2D eigenvalue weighted by Crippen LogP contribution is -2.29. The number of fused-ring (bicyclic) bond motifs is 2. The van der Waals surface area contributed by atoms with Gasteiger partial charge in [-0.15, -0.1) is 0 Å². The first kappa shape index (κ1) is 21.8. The third-order valence-electron chi connectivity index (χ3n) is 8.81. The lowest BCUT2D eigenvalue weighted by Gasteiger charge is -2.40. The van der Waals surface area contributed by atoms with Crippen molar-refractivity contribution in [2.45, 2.75) is 11.8 Å². The highest BCUT2D eigenvalue weighted by molar-refractivity contribution is 6.09. The van der Waals surface area contributed by atoms with Gasteiger partial charge in [0.05, 0.1) is 34.3 Å². The molecular formula is C38H24N2. The van der Waals surface area contributed by atoms with Gasteiger partial charge in [0.25, 0.3) is 0 Å². The van der Waals surface area contributed by atoms with E-state index in [1.807, 2.05) is 0 Å². The van der Waals surface area contributed by atoms with E-state index in [1.54, 1.807) is 0 Å². The van der Waals surface area contributed by atoms with Gasteiger partial charge in [-0.05, 0) is 67.4 Å². The van der Waals surface area contributed by atoms with Gasteiger partial charge < -0.3 is 0 Å². The normalized spacial score (nSPS) is 16.5. The molecule has 1 heterocycles. The number of aromatic nitrogens is 2. The Morgan fingerprint density at radius 2 is 0.725 bits per heavy atom. The van der Waals surface area contributed by atoms with Crippen LogP contribution < -0.4 is 0 Å². The quantitative estimate of drug-likeness (QED) is 0.218. The molecule has 2 nitrogen and oxygen atoms in total. The lowest BCUT2D eigenvalue weighted by molar-refractivity contribution is 0.709. The van der Waals surface area contributed by atoms with Crippen molar-refractivity contribution in [3.8, 4) is 22.3 Å². The minimum atomic E-state index is 0.115. The molecule has 3 aliphatic rings. The molecule has 0 saturated carbocycles. The summed E-state index contributed by atoms with van der Waals surface area (Å²) in [7, 11) is 0. The van der Waals surface area contributed by atoms with Crippen LogP contribution >= 0.6 is 0 Å². The summed E-state index contributed by atoms with van der Waals surface area (Å²) in [6.45, 7) is 0.